The van der Waals surface area contributed by atoms with Gasteiger partial charge in [-0.3, -0.25) is 4.79 Å². The predicted octanol–water partition coefficient (Wildman–Crippen LogP) is 2.56. The topological polar surface area (TPSA) is 62.5 Å². The smallest absolute Gasteiger partial charge is 0.249 e. The molecule has 2 heterocycles. The Labute approximate surface area is 126 Å². The molecule has 1 aromatic heterocycles. The second-order valence-electron chi connectivity index (χ2n) is 6.20. The lowest BCUT2D eigenvalue weighted by atomic mass is 10.0. The molecule has 0 aromatic carbocycles. The van der Waals surface area contributed by atoms with E-state index in [1.165, 1.54) is 25.7 Å². The maximum Gasteiger partial charge on any atom is 0.249 e. The first-order valence-corrected chi connectivity index (χ1v) is 7.92. The Morgan fingerprint density at radius 2 is 1.86 bits per heavy atom. The van der Waals surface area contributed by atoms with E-state index in [0.29, 0.717) is 11.9 Å². The van der Waals surface area contributed by atoms with Gasteiger partial charge in [0.15, 0.2) is 5.82 Å². The van der Waals surface area contributed by atoms with E-state index in [9.17, 15) is 4.79 Å². The highest BCUT2D eigenvalue weighted by Gasteiger charge is 2.38. The zero-order valence-corrected chi connectivity index (χ0v) is 12.9. The molecular weight excluding hydrogens is 264 g/mol. The van der Waals surface area contributed by atoms with Crippen molar-refractivity contribution in [3.63, 3.8) is 0 Å². The summed E-state index contributed by atoms with van der Waals surface area (Å²) in [4.78, 5) is 21.0. The average Bonchev–Trinajstić information content (AvgIpc) is 2.74. The Bertz CT molecular complexity index is 537. The number of amides is 1. The molecule has 0 saturated heterocycles. The van der Waals surface area contributed by atoms with Gasteiger partial charge in [0.1, 0.15) is 11.9 Å². The Kier molecular flexibility index (Phi) is 3.74. The zero-order valence-electron chi connectivity index (χ0n) is 12.9. The van der Waals surface area contributed by atoms with Crippen molar-refractivity contribution in [2.24, 2.45) is 0 Å². The third kappa shape index (κ3) is 2.45. The highest BCUT2D eigenvalue weighted by Crippen LogP contribution is 2.38. The van der Waals surface area contributed by atoms with Crippen molar-refractivity contribution in [3.8, 4) is 0 Å². The summed E-state index contributed by atoms with van der Waals surface area (Å²) in [7, 11) is 1.82. The third-order valence-corrected chi connectivity index (χ3v) is 4.81. The molecule has 1 saturated carbocycles. The van der Waals surface area contributed by atoms with Gasteiger partial charge in [0.05, 0.1) is 5.69 Å². The van der Waals surface area contributed by atoms with Gasteiger partial charge < -0.3 is 15.5 Å². The molecule has 0 radical (unpaired) electrons. The summed E-state index contributed by atoms with van der Waals surface area (Å²) in [6.45, 7) is 1.98. The Morgan fingerprint density at radius 1 is 1.19 bits per heavy atom. The molecule has 1 fully saturated rings. The maximum atomic E-state index is 12.5. The molecule has 1 atom stereocenters. The SMILES string of the molecule is C[C@@H]1C(=O)N(C)c2ccc(N)nc2N1C1CCCCCC1. The Balaban J connectivity index is 2.03. The molecule has 5 nitrogen and oxygen atoms in total. The molecule has 1 aliphatic carbocycles. The molecule has 1 amide bonds. The number of hydrogen-bond acceptors (Lipinski definition) is 4. The molecule has 114 valence electrons. The molecule has 5 heteroatoms. The largest absolute Gasteiger partial charge is 0.384 e. The lowest BCUT2D eigenvalue weighted by Gasteiger charge is -2.43. The number of carbonyl (C=O) groups excluding carboxylic acids is 1. The van der Waals surface area contributed by atoms with Crippen LogP contribution in [0.5, 0.6) is 0 Å². The van der Waals surface area contributed by atoms with Crippen LogP contribution >= 0.6 is 0 Å². The van der Waals surface area contributed by atoms with Crippen LogP contribution in [0, 0.1) is 0 Å². The number of nitrogen functional groups attached to an aromatic ring is 1. The number of anilines is 3. The number of hydrogen-bond donors (Lipinski definition) is 1. The second-order valence-corrected chi connectivity index (χ2v) is 6.20. The first kappa shape index (κ1) is 14.2. The van der Waals surface area contributed by atoms with E-state index in [-0.39, 0.29) is 11.9 Å². The lowest BCUT2D eigenvalue weighted by molar-refractivity contribution is -0.119. The van der Waals surface area contributed by atoms with Crippen molar-refractivity contribution in [3.05, 3.63) is 12.1 Å². The number of carbonyl (C=O) groups is 1. The average molecular weight is 288 g/mol. The highest BCUT2D eigenvalue weighted by molar-refractivity contribution is 6.04. The number of nitrogens with two attached hydrogens (primary N) is 1. The van der Waals surface area contributed by atoms with E-state index in [2.05, 4.69) is 9.88 Å². The van der Waals surface area contributed by atoms with Crippen LogP contribution in [0.3, 0.4) is 0 Å². The molecule has 2 aliphatic rings. The third-order valence-electron chi connectivity index (χ3n) is 4.81. The molecule has 3 rings (SSSR count). The molecule has 1 aliphatic heterocycles. The maximum absolute atomic E-state index is 12.5. The fraction of sp³-hybridized carbons (Fsp3) is 0.625. The molecule has 21 heavy (non-hydrogen) atoms. The van der Waals surface area contributed by atoms with Gasteiger partial charge in [-0.1, -0.05) is 25.7 Å². The van der Waals surface area contributed by atoms with Crippen LogP contribution in [-0.4, -0.2) is 30.0 Å². The minimum atomic E-state index is -0.167. The van der Waals surface area contributed by atoms with E-state index in [1.807, 2.05) is 20.0 Å². The minimum Gasteiger partial charge on any atom is -0.384 e. The van der Waals surface area contributed by atoms with Crippen LogP contribution in [-0.2, 0) is 4.79 Å². The molecule has 0 bridgehead atoms. The number of aromatic nitrogens is 1. The van der Waals surface area contributed by atoms with Crippen molar-refractivity contribution in [1.82, 2.24) is 4.98 Å². The van der Waals surface area contributed by atoms with Gasteiger partial charge in [-0.05, 0) is 31.9 Å². The highest BCUT2D eigenvalue weighted by atomic mass is 16.2. The van der Waals surface area contributed by atoms with Gasteiger partial charge >= 0.3 is 0 Å². The van der Waals surface area contributed by atoms with Crippen molar-refractivity contribution in [1.29, 1.82) is 0 Å². The second kappa shape index (κ2) is 5.54. The van der Waals surface area contributed by atoms with Crippen LogP contribution in [0.2, 0.25) is 0 Å². The van der Waals surface area contributed by atoms with Crippen molar-refractivity contribution in [2.45, 2.75) is 57.5 Å². The van der Waals surface area contributed by atoms with Gasteiger partial charge in [0, 0.05) is 13.1 Å². The Morgan fingerprint density at radius 3 is 2.52 bits per heavy atom. The van der Waals surface area contributed by atoms with Crippen LogP contribution in [0.4, 0.5) is 17.3 Å². The summed E-state index contributed by atoms with van der Waals surface area (Å²) in [6.07, 6.45) is 7.33. The van der Waals surface area contributed by atoms with Crippen molar-refractivity contribution in [2.75, 3.05) is 22.6 Å². The quantitative estimate of drug-likeness (QED) is 0.807. The van der Waals surface area contributed by atoms with E-state index in [0.717, 1.165) is 24.3 Å². The molecule has 2 N–H and O–H groups in total. The van der Waals surface area contributed by atoms with Crippen molar-refractivity contribution < 1.29 is 4.79 Å². The first-order valence-electron chi connectivity index (χ1n) is 7.92. The molecule has 0 spiro atoms. The van der Waals surface area contributed by atoms with Crippen LogP contribution in [0.15, 0.2) is 12.1 Å². The lowest BCUT2D eigenvalue weighted by Crippen LogP contribution is -2.55. The standard InChI is InChI=1S/C16H24N4O/c1-11-16(21)19(2)13-9-10-14(17)18-15(13)20(11)12-7-5-3-4-6-8-12/h9-12H,3-8H2,1-2H3,(H2,17,18)/t11-/m1/s1. The summed E-state index contributed by atoms with van der Waals surface area (Å²) in [5.74, 6) is 1.53. The number of rotatable bonds is 1. The molecular formula is C16H24N4O. The fourth-order valence-corrected chi connectivity index (χ4v) is 3.63. The molecule has 1 aromatic rings. The van der Waals surface area contributed by atoms with Gasteiger partial charge in [0.2, 0.25) is 5.91 Å². The van der Waals surface area contributed by atoms with Crippen LogP contribution < -0.4 is 15.5 Å². The molecule has 0 unspecified atom stereocenters. The summed E-state index contributed by atoms with van der Waals surface area (Å²) in [5.41, 5.74) is 6.76. The number of nitrogens with zero attached hydrogens (tertiary/aromatic N) is 3. The van der Waals surface area contributed by atoms with Gasteiger partial charge in [-0.15, -0.1) is 0 Å². The van der Waals surface area contributed by atoms with Gasteiger partial charge in [-0.2, -0.15) is 0 Å². The van der Waals surface area contributed by atoms with E-state index in [1.54, 1.807) is 11.0 Å². The van der Waals surface area contributed by atoms with E-state index in [4.69, 9.17) is 5.73 Å². The fourth-order valence-electron chi connectivity index (χ4n) is 3.63. The number of likely N-dealkylation sites (N-methyl/N-ethyl adjacent to an activating group) is 1. The zero-order chi connectivity index (χ0) is 15.0. The number of pyridine rings is 1. The number of fused-ring (bicyclic) bond motifs is 1. The van der Waals surface area contributed by atoms with Crippen LogP contribution in [0.25, 0.3) is 0 Å². The summed E-state index contributed by atoms with van der Waals surface area (Å²) in [6, 6.07) is 3.91. The summed E-state index contributed by atoms with van der Waals surface area (Å²) < 4.78 is 0. The van der Waals surface area contributed by atoms with Gasteiger partial charge in [-0.25, -0.2) is 4.98 Å². The minimum absolute atomic E-state index is 0.137. The Hall–Kier alpha value is -1.78. The monoisotopic (exact) mass is 288 g/mol. The van der Waals surface area contributed by atoms with E-state index >= 15 is 0 Å². The van der Waals surface area contributed by atoms with E-state index < -0.39 is 0 Å². The van der Waals surface area contributed by atoms with Crippen molar-refractivity contribution >= 4 is 23.2 Å². The first-order chi connectivity index (χ1) is 10.1. The predicted molar refractivity (Wildman–Crippen MR) is 85.5 cm³/mol. The summed E-state index contributed by atoms with van der Waals surface area (Å²) in [5, 5.41) is 0. The summed E-state index contributed by atoms with van der Waals surface area (Å²) >= 11 is 0. The van der Waals surface area contributed by atoms with Crippen LogP contribution in [0.1, 0.15) is 45.4 Å². The normalized spacial score (nSPS) is 23.9. The van der Waals surface area contributed by atoms with Gasteiger partial charge in [0.25, 0.3) is 0 Å².